The van der Waals surface area contributed by atoms with E-state index < -0.39 is 5.97 Å². The molecule has 0 aromatic carbocycles. The molecule has 1 saturated carbocycles. The highest BCUT2D eigenvalue weighted by Crippen LogP contribution is 2.31. The van der Waals surface area contributed by atoms with Crippen LogP contribution < -0.4 is 4.74 Å². The molecule has 1 aliphatic carbocycles. The summed E-state index contributed by atoms with van der Waals surface area (Å²) in [7, 11) is 1.78. The largest absolute Gasteiger partial charge is 0.489 e. The van der Waals surface area contributed by atoms with E-state index in [4.69, 9.17) is 4.74 Å². The van der Waals surface area contributed by atoms with Gasteiger partial charge in [-0.05, 0) is 25.7 Å². The summed E-state index contributed by atoms with van der Waals surface area (Å²) >= 11 is 0. The molecule has 1 N–H and O–H groups in total. The predicted octanol–water partition coefficient (Wildman–Crippen LogP) is 2.77. The number of hydrogen-bond donors (Lipinski definition) is 1. The summed E-state index contributed by atoms with van der Waals surface area (Å²) < 4.78 is 7.71. The van der Waals surface area contributed by atoms with Gasteiger partial charge in [0.15, 0.2) is 5.65 Å². The van der Waals surface area contributed by atoms with Crippen LogP contribution in [0.5, 0.6) is 5.75 Å². The van der Waals surface area contributed by atoms with Crippen molar-refractivity contribution in [2.75, 3.05) is 0 Å². The Hall–Kier alpha value is -2.11. The lowest BCUT2D eigenvalue weighted by molar-refractivity contribution is 0.0688. The molecule has 0 amide bonds. The van der Waals surface area contributed by atoms with E-state index in [1.807, 2.05) is 0 Å². The zero-order chi connectivity index (χ0) is 14.8. The predicted molar refractivity (Wildman–Crippen MR) is 77.6 cm³/mol. The first-order valence-electron chi connectivity index (χ1n) is 7.37. The third-order valence-electron chi connectivity index (χ3n) is 4.03. The van der Waals surface area contributed by atoms with Crippen LogP contribution in [0.3, 0.4) is 0 Å². The number of aromatic nitrogens is 3. The first-order chi connectivity index (χ1) is 10.2. The van der Waals surface area contributed by atoms with Gasteiger partial charge in [0, 0.05) is 13.2 Å². The lowest BCUT2D eigenvalue weighted by Gasteiger charge is -2.18. The fourth-order valence-corrected chi connectivity index (χ4v) is 2.88. The van der Waals surface area contributed by atoms with E-state index in [0.29, 0.717) is 16.8 Å². The Kier molecular flexibility index (Phi) is 3.77. The van der Waals surface area contributed by atoms with Gasteiger partial charge in [0.1, 0.15) is 11.3 Å². The van der Waals surface area contributed by atoms with Crippen LogP contribution in [0.25, 0.3) is 11.0 Å². The summed E-state index contributed by atoms with van der Waals surface area (Å²) in [4.78, 5) is 15.6. The van der Waals surface area contributed by atoms with Crippen molar-refractivity contribution in [3.63, 3.8) is 0 Å². The standard InChI is InChI=1S/C15H19N3O3/c1-18-14-11(9-17-18)13(12(8-16-14)15(19)20)21-10-6-4-2-3-5-7-10/h8-10H,2-7H2,1H3,(H,19,20). The first kappa shape index (κ1) is 13.9. The zero-order valence-corrected chi connectivity index (χ0v) is 12.1. The number of nitrogens with zero attached hydrogens (tertiary/aromatic N) is 3. The summed E-state index contributed by atoms with van der Waals surface area (Å²) in [5.41, 5.74) is 0.753. The van der Waals surface area contributed by atoms with Crippen molar-refractivity contribution in [3.8, 4) is 5.75 Å². The summed E-state index contributed by atoms with van der Waals surface area (Å²) in [5.74, 6) is -0.607. The highest BCUT2D eigenvalue weighted by molar-refractivity contribution is 5.97. The maximum atomic E-state index is 11.4. The van der Waals surface area contributed by atoms with Gasteiger partial charge >= 0.3 is 5.97 Å². The van der Waals surface area contributed by atoms with Crippen molar-refractivity contribution < 1.29 is 14.6 Å². The summed E-state index contributed by atoms with van der Waals surface area (Å²) in [6.45, 7) is 0. The van der Waals surface area contributed by atoms with Gasteiger partial charge in [0.05, 0.1) is 17.7 Å². The van der Waals surface area contributed by atoms with E-state index in [1.165, 1.54) is 19.0 Å². The summed E-state index contributed by atoms with van der Waals surface area (Å²) in [5, 5.41) is 14.2. The van der Waals surface area contributed by atoms with Crippen LogP contribution in [-0.2, 0) is 7.05 Å². The topological polar surface area (TPSA) is 77.2 Å². The van der Waals surface area contributed by atoms with Gasteiger partial charge in [-0.2, -0.15) is 5.10 Å². The van der Waals surface area contributed by atoms with Gasteiger partial charge in [-0.15, -0.1) is 0 Å². The Balaban J connectivity index is 2.01. The molecule has 1 aliphatic rings. The highest BCUT2D eigenvalue weighted by Gasteiger charge is 2.22. The van der Waals surface area contributed by atoms with Crippen LogP contribution >= 0.6 is 0 Å². The third-order valence-corrected chi connectivity index (χ3v) is 4.03. The van der Waals surface area contributed by atoms with Crippen LogP contribution in [0.2, 0.25) is 0 Å². The fourth-order valence-electron chi connectivity index (χ4n) is 2.88. The summed E-state index contributed by atoms with van der Waals surface area (Å²) in [6.07, 6.45) is 9.74. The molecule has 0 unspecified atom stereocenters. The van der Waals surface area contributed by atoms with Crippen molar-refractivity contribution >= 4 is 17.0 Å². The molecule has 112 valence electrons. The summed E-state index contributed by atoms with van der Waals surface area (Å²) in [6, 6.07) is 0. The molecule has 1 fully saturated rings. The Morgan fingerprint density at radius 3 is 2.67 bits per heavy atom. The van der Waals surface area contributed by atoms with Crippen LogP contribution in [0, 0.1) is 0 Å². The Morgan fingerprint density at radius 1 is 1.29 bits per heavy atom. The smallest absolute Gasteiger partial charge is 0.341 e. The molecule has 2 aromatic heterocycles. The van der Waals surface area contributed by atoms with Gasteiger partial charge in [-0.3, -0.25) is 4.68 Å². The average molecular weight is 289 g/mol. The van der Waals surface area contributed by atoms with E-state index in [1.54, 1.807) is 17.9 Å². The molecule has 0 spiro atoms. The normalized spacial score (nSPS) is 16.8. The Bertz CT molecular complexity index is 657. The number of rotatable bonds is 3. The van der Waals surface area contributed by atoms with Gasteiger partial charge in [-0.1, -0.05) is 12.8 Å². The van der Waals surface area contributed by atoms with Gasteiger partial charge in [0.25, 0.3) is 0 Å². The highest BCUT2D eigenvalue weighted by atomic mass is 16.5. The third kappa shape index (κ3) is 2.70. The monoisotopic (exact) mass is 289 g/mol. The van der Waals surface area contributed by atoms with E-state index in [9.17, 15) is 9.90 Å². The van der Waals surface area contributed by atoms with Crippen LogP contribution in [-0.4, -0.2) is 31.9 Å². The molecule has 2 aromatic rings. The quantitative estimate of drug-likeness (QED) is 0.879. The fraction of sp³-hybridized carbons (Fsp3) is 0.533. The maximum Gasteiger partial charge on any atom is 0.341 e. The van der Waals surface area contributed by atoms with E-state index in [2.05, 4.69) is 10.1 Å². The number of hydrogen-bond acceptors (Lipinski definition) is 4. The molecule has 0 saturated heterocycles. The van der Waals surface area contributed by atoms with E-state index in [-0.39, 0.29) is 11.7 Å². The Labute approximate surface area is 122 Å². The van der Waals surface area contributed by atoms with Crippen molar-refractivity contribution in [1.82, 2.24) is 14.8 Å². The molecule has 0 radical (unpaired) electrons. The Morgan fingerprint density at radius 2 is 2.00 bits per heavy atom. The number of carbonyl (C=O) groups is 1. The van der Waals surface area contributed by atoms with Crippen molar-refractivity contribution in [2.24, 2.45) is 7.05 Å². The molecule has 6 heteroatoms. The second-order valence-corrected chi connectivity index (χ2v) is 5.54. The molecule has 0 bridgehead atoms. The number of carboxylic acids is 1. The zero-order valence-electron chi connectivity index (χ0n) is 12.1. The molecule has 6 nitrogen and oxygen atoms in total. The van der Waals surface area contributed by atoms with E-state index >= 15 is 0 Å². The number of ether oxygens (including phenoxy) is 1. The maximum absolute atomic E-state index is 11.4. The number of fused-ring (bicyclic) bond motifs is 1. The number of carboxylic acid groups (broad SMARTS) is 1. The van der Waals surface area contributed by atoms with Crippen molar-refractivity contribution in [2.45, 2.75) is 44.6 Å². The molecule has 3 rings (SSSR count). The number of pyridine rings is 1. The molecule has 0 aliphatic heterocycles. The first-order valence-corrected chi connectivity index (χ1v) is 7.37. The van der Waals surface area contributed by atoms with Crippen LogP contribution in [0.1, 0.15) is 48.9 Å². The number of aryl methyl sites for hydroxylation is 1. The van der Waals surface area contributed by atoms with Crippen LogP contribution in [0.15, 0.2) is 12.4 Å². The second-order valence-electron chi connectivity index (χ2n) is 5.54. The van der Waals surface area contributed by atoms with E-state index in [0.717, 1.165) is 25.7 Å². The van der Waals surface area contributed by atoms with Gasteiger partial charge < -0.3 is 9.84 Å². The molecular weight excluding hydrogens is 270 g/mol. The molecule has 2 heterocycles. The molecule has 0 atom stereocenters. The van der Waals surface area contributed by atoms with Crippen molar-refractivity contribution in [1.29, 1.82) is 0 Å². The lowest BCUT2D eigenvalue weighted by Crippen LogP contribution is -2.17. The lowest BCUT2D eigenvalue weighted by atomic mass is 10.1. The minimum absolute atomic E-state index is 0.0800. The van der Waals surface area contributed by atoms with Crippen LogP contribution in [0.4, 0.5) is 0 Å². The molecular formula is C15H19N3O3. The average Bonchev–Trinajstić information content (AvgIpc) is 2.68. The van der Waals surface area contributed by atoms with Gasteiger partial charge in [-0.25, -0.2) is 9.78 Å². The minimum atomic E-state index is -1.02. The second kappa shape index (κ2) is 5.71. The SMILES string of the molecule is Cn1ncc2c(OC3CCCCCC3)c(C(=O)O)cnc21. The number of aromatic carboxylic acids is 1. The minimum Gasteiger partial charge on any atom is -0.489 e. The van der Waals surface area contributed by atoms with Crippen molar-refractivity contribution in [3.05, 3.63) is 18.0 Å². The molecule has 21 heavy (non-hydrogen) atoms. The van der Waals surface area contributed by atoms with Gasteiger partial charge in [0.2, 0.25) is 0 Å².